The van der Waals surface area contributed by atoms with Crippen LogP contribution in [-0.2, 0) is 9.59 Å². The van der Waals surface area contributed by atoms with Gasteiger partial charge in [0.15, 0.2) is 0 Å². The van der Waals surface area contributed by atoms with Crippen LogP contribution in [0.2, 0.25) is 0 Å². The molecule has 2 heterocycles. The van der Waals surface area contributed by atoms with Crippen LogP contribution in [0.25, 0.3) is 0 Å². The smallest absolute Gasteiger partial charge is 0.231 e. The van der Waals surface area contributed by atoms with Crippen LogP contribution < -0.4 is 10.6 Å². The quantitative estimate of drug-likeness (QED) is 0.743. The van der Waals surface area contributed by atoms with Gasteiger partial charge in [-0.05, 0) is 6.42 Å². The molecule has 0 spiro atoms. The molecule has 0 bridgehead atoms. The number of aromatic nitrogens is 2. The van der Waals surface area contributed by atoms with Crippen LogP contribution in [0.1, 0.15) is 12.8 Å². The van der Waals surface area contributed by atoms with Gasteiger partial charge in [0.25, 0.3) is 0 Å². The Morgan fingerprint density at radius 3 is 3.13 bits per heavy atom. The van der Waals surface area contributed by atoms with Gasteiger partial charge in [-0.15, -0.1) is 10.2 Å². The normalized spacial score (nSPS) is 20.8. The number of anilines is 1. The first-order valence-corrected chi connectivity index (χ1v) is 5.47. The molecule has 15 heavy (non-hydrogen) atoms. The van der Waals surface area contributed by atoms with Crippen molar-refractivity contribution in [1.29, 1.82) is 0 Å². The number of rotatable bonds is 2. The summed E-state index contributed by atoms with van der Waals surface area (Å²) in [5.74, 6) is -0.256. The zero-order chi connectivity index (χ0) is 10.7. The van der Waals surface area contributed by atoms with Gasteiger partial charge in [-0.2, -0.15) is 0 Å². The Balaban J connectivity index is 1.89. The number of nitrogens with zero attached hydrogens (tertiary/aromatic N) is 2. The lowest BCUT2D eigenvalue weighted by Crippen LogP contribution is -2.40. The number of piperidine rings is 1. The highest BCUT2D eigenvalue weighted by atomic mass is 32.1. The lowest BCUT2D eigenvalue weighted by Gasteiger charge is -2.20. The fourth-order valence-corrected chi connectivity index (χ4v) is 1.84. The molecule has 80 valence electrons. The van der Waals surface area contributed by atoms with E-state index in [1.54, 1.807) is 5.51 Å². The summed E-state index contributed by atoms with van der Waals surface area (Å²) in [7, 11) is 0. The average Bonchev–Trinajstić information content (AvgIpc) is 2.71. The third kappa shape index (κ3) is 2.50. The molecule has 0 aliphatic carbocycles. The van der Waals surface area contributed by atoms with Gasteiger partial charge in [0.2, 0.25) is 16.9 Å². The van der Waals surface area contributed by atoms with Crippen molar-refractivity contribution < 1.29 is 9.59 Å². The fraction of sp³-hybridized carbons (Fsp3) is 0.500. The first kappa shape index (κ1) is 10.0. The molecule has 1 aromatic rings. The van der Waals surface area contributed by atoms with Crippen molar-refractivity contribution in [3.63, 3.8) is 0 Å². The van der Waals surface area contributed by atoms with E-state index in [1.165, 1.54) is 11.3 Å². The minimum absolute atomic E-state index is 0.00923. The molecule has 1 saturated heterocycles. The minimum Gasteiger partial charge on any atom is -0.355 e. The first-order valence-electron chi connectivity index (χ1n) is 4.59. The second kappa shape index (κ2) is 4.35. The summed E-state index contributed by atoms with van der Waals surface area (Å²) < 4.78 is 0. The van der Waals surface area contributed by atoms with Crippen molar-refractivity contribution in [2.75, 3.05) is 11.9 Å². The van der Waals surface area contributed by atoms with E-state index in [4.69, 9.17) is 0 Å². The molecular weight excluding hydrogens is 216 g/mol. The van der Waals surface area contributed by atoms with Crippen LogP contribution >= 0.6 is 11.3 Å². The highest BCUT2D eigenvalue weighted by Gasteiger charge is 2.24. The Bertz CT molecular complexity index is 355. The Kier molecular flexibility index (Phi) is 2.91. The second-order valence-electron chi connectivity index (χ2n) is 3.27. The van der Waals surface area contributed by atoms with Crippen LogP contribution in [0.3, 0.4) is 0 Å². The number of hydrogen-bond donors (Lipinski definition) is 2. The van der Waals surface area contributed by atoms with Crippen LogP contribution in [0.15, 0.2) is 5.51 Å². The van der Waals surface area contributed by atoms with E-state index < -0.39 is 0 Å². The van der Waals surface area contributed by atoms with Gasteiger partial charge < -0.3 is 10.6 Å². The predicted molar refractivity (Wildman–Crippen MR) is 54.3 cm³/mol. The highest BCUT2D eigenvalue weighted by Crippen LogP contribution is 2.15. The van der Waals surface area contributed by atoms with E-state index in [0.717, 1.165) is 0 Å². The van der Waals surface area contributed by atoms with Crippen molar-refractivity contribution in [3.8, 4) is 0 Å². The summed E-state index contributed by atoms with van der Waals surface area (Å²) in [5, 5.41) is 13.2. The molecule has 2 N–H and O–H groups in total. The van der Waals surface area contributed by atoms with Gasteiger partial charge in [0.05, 0.1) is 5.92 Å². The number of amides is 2. The molecule has 1 atom stereocenters. The number of carbonyl (C=O) groups excluding carboxylic acids is 2. The lowest BCUT2D eigenvalue weighted by atomic mass is 9.98. The first-order chi connectivity index (χ1) is 7.25. The molecule has 0 aromatic carbocycles. The molecule has 2 rings (SSSR count). The maximum absolute atomic E-state index is 11.6. The fourth-order valence-electron chi connectivity index (χ4n) is 1.39. The maximum atomic E-state index is 11.6. The van der Waals surface area contributed by atoms with Gasteiger partial charge in [-0.3, -0.25) is 9.59 Å². The molecule has 2 amide bonds. The van der Waals surface area contributed by atoms with Crippen molar-refractivity contribution in [2.45, 2.75) is 12.8 Å². The summed E-state index contributed by atoms with van der Waals surface area (Å²) in [6.45, 7) is 0.406. The zero-order valence-corrected chi connectivity index (χ0v) is 8.71. The zero-order valence-electron chi connectivity index (χ0n) is 7.90. The standard InChI is InChI=1S/C8H10N4O2S/c13-6-2-1-5(3-9-6)7(14)11-8-12-10-4-15-8/h4-5H,1-3H2,(H,9,13)(H,11,12,14). The van der Waals surface area contributed by atoms with Crippen molar-refractivity contribution in [2.24, 2.45) is 5.92 Å². The van der Waals surface area contributed by atoms with Crippen LogP contribution in [0.4, 0.5) is 5.13 Å². The largest absolute Gasteiger partial charge is 0.355 e. The third-order valence-corrected chi connectivity index (χ3v) is 2.83. The van der Waals surface area contributed by atoms with Gasteiger partial charge in [-0.25, -0.2) is 0 Å². The molecule has 0 radical (unpaired) electrons. The number of nitrogens with one attached hydrogen (secondary N) is 2. The molecule has 1 fully saturated rings. The molecule has 1 unspecified atom stereocenters. The van der Waals surface area contributed by atoms with Gasteiger partial charge in [0, 0.05) is 13.0 Å². The Labute approximate surface area is 90.1 Å². The van der Waals surface area contributed by atoms with Gasteiger partial charge >= 0.3 is 0 Å². The van der Waals surface area contributed by atoms with Crippen molar-refractivity contribution in [1.82, 2.24) is 15.5 Å². The van der Waals surface area contributed by atoms with Crippen LogP contribution in [0.5, 0.6) is 0 Å². The topological polar surface area (TPSA) is 84.0 Å². The molecular formula is C8H10N4O2S. The van der Waals surface area contributed by atoms with Gasteiger partial charge in [-0.1, -0.05) is 11.3 Å². The lowest BCUT2D eigenvalue weighted by molar-refractivity contribution is -0.126. The predicted octanol–water partition coefficient (Wildman–Crippen LogP) is 0.00280. The molecule has 6 nitrogen and oxygen atoms in total. The number of hydrogen-bond acceptors (Lipinski definition) is 5. The van der Waals surface area contributed by atoms with E-state index >= 15 is 0 Å². The highest BCUT2D eigenvalue weighted by molar-refractivity contribution is 7.13. The van der Waals surface area contributed by atoms with E-state index in [9.17, 15) is 9.59 Å². The molecule has 1 aromatic heterocycles. The van der Waals surface area contributed by atoms with E-state index in [2.05, 4.69) is 20.8 Å². The summed E-state index contributed by atoms with van der Waals surface area (Å²) in [6.07, 6.45) is 1.00. The summed E-state index contributed by atoms with van der Waals surface area (Å²) in [6, 6.07) is 0. The molecule has 1 aliphatic heterocycles. The average molecular weight is 226 g/mol. The summed E-state index contributed by atoms with van der Waals surface area (Å²) >= 11 is 1.27. The Morgan fingerprint density at radius 1 is 1.67 bits per heavy atom. The van der Waals surface area contributed by atoms with Crippen molar-refractivity contribution >= 4 is 28.3 Å². The third-order valence-electron chi connectivity index (χ3n) is 2.23. The van der Waals surface area contributed by atoms with E-state index in [1.807, 2.05) is 0 Å². The summed E-state index contributed by atoms with van der Waals surface area (Å²) in [5.41, 5.74) is 1.55. The van der Waals surface area contributed by atoms with Crippen molar-refractivity contribution in [3.05, 3.63) is 5.51 Å². The maximum Gasteiger partial charge on any atom is 0.231 e. The van der Waals surface area contributed by atoms with Gasteiger partial charge in [0.1, 0.15) is 5.51 Å². The van der Waals surface area contributed by atoms with Crippen LogP contribution in [-0.4, -0.2) is 28.6 Å². The van der Waals surface area contributed by atoms with E-state index in [0.29, 0.717) is 24.5 Å². The Morgan fingerprint density at radius 2 is 2.53 bits per heavy atom. The molecule has 7 heteroatoms. The summed E-state index contributed by atoms with van der Waals surface area (Å²) in [4.78, 5) is 22.5. The minimum atomic E-state index is -0.161. The Hall–Kier alpha value is -1.50. The molecule has 0 saturated carbocycles. The van der Waals surface area contributed by atoms with E-state index in [-0.39, 0.29) is 17.7 Å². The monoisotopic (exact) mass is 226 g/mol. The second-order valence-corrected chi connectivity index (χ2v) is 4.11. The van der Waals surface area contributed by atoms with Crippen LogP contribution in [0, 0.1) is 5.92 Å². The SMILES string of the molecule is O=C1CCC(C(=O)Nc2nncs2)CN1. The molecule has 1 aliphatic rings. The number of carbonyl (C=O) groups is 2.